The van der Waals surface area contributed by atoms with E-state index in [1.807, 2.05) is 42.5 Å². The molecule has 1 aliphatic heterocycles. The zero-order valence-corrected chi connectivity index (χ0v) is 19.5. The summed E-state index contributed by atoms with van der Waals surface area (Å²) in [5, 5.41) is 3.47. The number of halogens is 1. The van der Waals surface area contributed by atoms with Crippen molar-refractivity contribution in [2.24, 2.45) is 0 Å². The number of fused-ring (bicyclic) bond motifs is 1. The number of carbonyl (C=O) groups excluding carboxylic acids is 2. The number of nitrogens with one attached hydrogen (secondary N) is 1. The van der Waals surface area contributed by atoms with Crippen molar-refractivity contribution < 1.29 is 23.8 Å². The molecule has 1 aliphatic rings. The molecule has 176 valence electrons. The van der Waals surface area contributed by atoms with E-state index in [0.29, 0.717) is 48.1 Å². The minimum atomic E-state index is -0.174. The molecular formula is C26H25ClN2O5. The zero-order valence-electron chi connectivity index (χ0n) is 18.8. The lowest BCUT2D eigenvalue weighted by molar-refractivity contribution is -0.121. The van der Waals surface area contributed by atoms with Gasteiger partial charge in [0.2, 0.25) is 5.91 Å². The van der Waals surface area contributed by atoms with Gasteiger partial charge in [0.25, 0.3) is 5.91 Å². The van der Waals surface area contributed by atoms with E-state index in [0.717, 1.165) is 17.1 Å². The van der Waals surface area contributed by atoms with Crippen molar-refractivity contribution >= 4 is 34.8 Å². The first-order valence-electron chi connectivity index (χ1n) is 10.9. The van der Waals surface area contributed by atoms with E-state index in [9.17, 15) is 9.59 Å². The monoisotopic (exact) mass is 480 g/mol. The maximum atomic E-state index is 12.6. The van der Waals surface area contributed by atoms with Gasteiger partial charge in [-0.3, -0.25) is 9.59 Å². The molecule has 7 nitrogen and oxygen atoms in total. The quantitative estimate of drug-likeness (QED) is 0.432. The number of ether oxygens (including phenoxy) is 3. The van der Waals surface area contributed by atoms with Crippen LogP contribution in [0.15, 0.2) is 66.7 Å². The van der Waals surface area contributed by atoms with Gasteiger partial charge in [-0.25, -0.2) is 0 Å². The Labute approximate surface area is 203 Å². The molecule has 0 bridgehead atoms. The van der Waals surface area contributed by atoms with E-state index >= 15 is 0 Å². The molecule has 0 spiro atoms. The Morgan fingerprint density at radius 3 is 2.62 bits per heavy atom. The fourth-order valence-electron chi connectivity index (χ4n) is 3.57. The van der Waals surface area contributed by atoms with Crippen LogP contribution in [-0.2, 0) is 16.1 Å². The molecule has 3 aromatic rings. The first-order valence-corrected chi connectivity index (χ1v) is 11.3. The van der Waals surface area contributed by atoms with Crippen LogP contribution in [0, 0.1) is 0 Å². The van der Waals surface area contributed by atoms with Crippen molar-refractivity contribution in [3.63, 3.8) is 0 Å². The van der Waals surface area contributed by atoms with Gasteiger partial charge in [-0.15, -0.1) is 0 Å². The van der Waals surface area contributed by atoms with Gasteiger partial charge in [-0.1, -0.05) is 29.8 Å². The fourth-order valence-corrected chi connectivity index (χ4v) is 3.76. The minimum absolute atomic E-state index is 0.0443. The van der Waals surface area contributed by atoms with Crippen LogP contribution < -0.4 is 24.4 Å². The third-order valence-corrected chi connectivity index (χ3v) is 5.72. The Balaban J connectivity index is 1.34. The molecular weight excluding hydrogens is 456 g/mol. The van der Waals surface area contributed by atoms with Gasteiger partial charge >= 0.3 is 0 Å². The number of benzene rings is 3. The third-order valence-electron chi connectivity index (χ3n) is 5.35. The average Bonchev–Trinajstić information content (AvgIpc) is 2.85. The van der Waals surface area contributed by atoms with Crippen LogP contribution in [-0.4, -0.2) is 32.1 Å². The van der Waals surface area contributed by atoms with E-state index in [1.165, 1.54) is 0 Å². The van der Waals surface area contributed by atoms with E-state index in [1.54, 1.807) is 36.3 Å². The third kappa shape index (κ3) is 5.80. The first kappa shape index (κ1) is 23.4. The van der Waals surface area contributed by atoms with Gasteiger partial charge in [0, 0.05) is 17.1 Å². The lowest BCUT2D eigenvalue weighted by Gasteiger charge is -2.30. The molecule has 1 heterocycles. The summed E-state index contributed by atoms with van der Waals surface area (Å²) < 4.78 is 16.4. The average molecular weight is 481 g/mol. The van der Waals surface area contributed by atoms with Crippen LogP contribution in [0.5, 0.6) is 17.2 Å². The Kier molecular flexibility index (Phi) is 7.54. The number of nitrogens with zero attached hydrogens (tertiary/aromatic N) is 1. The molecule has 34 heavy (non-hydrogen) atoms. The molecule has 0 aromatic heterocycles. The minimum Gasteiger partial charge on any atom is -0.497 e. The molecule has 8 heteroatoms. The lowest BCUT2D eigenvalue weighted by Crippen LogP contribution is -2.38. The number of anilines is 2. The second-order valence-electron chi connectivity index (χ2n) is 7.72. The predicted molar refractivity (Wildman–Crippen MR) is 131 cm³/mol. The molecule has 2 amide bonds. The highest BCUT2D eigenvalue weighted by Gasteiger charge is 2.26. The molecule has 3 aromatic carbocycles. The largest absolute Gasteiger partial charge is 0.497 e. The van der Waals surface area contributed by atoms with Crippen LogP contribution in [0.25, 0.3) is 0 Å². The van der Waals surface area contributed by atoms with Crippen LogP contribution in [0.3, 0.4) is 0 Å². The summed E-state index contributed by atoms with van der Waals surface area (Å²) >= 11 is 6.29. The second kappa shape index (κ2) is 10.9. The Hall–Kier alpha value is -3.71. The van der Waals surface area contributed by atoms with Crippen molar-refractivity contribution in [1.82, 2.24) is 0 Å². The molecule has 0 fully saturated rings. The molecule has 0 saturated heterocycles. The standard InChI is InChI=1S/C26H25ClN2O5/c1-32-20-9-11-21(12-10-20)33-14-4-7-25(30)28-19-8-13-24-23(15-19)29(26(31)17-34-24)16-18-5-2-3-6-22(18)27/h2-3,5-6,8-13,15H,4,7,14,16-17H2,1H3,(H,28,30). The summed E-state index contributed by atoms with van der Waals surface area (Å²) in [5.41, 5.74) is 2.01. The first-order chi connectivity index (χ1) is 16.5. The van der Waals surface area contributed by atoms with Crippen molar-refractivity contribution in [3.05, 3.63) is 77.3 Å². The number of amides is 2. The molecule has 0 aliphatic carbocycles. The van der Waals surface area contributed by atoms with Gasteiger partial charge < -0.3 is 24.4 Å². The van der Waals surface area contributed by atoms with Crippen LogP contribution >= 0.6 is 11.6 Å². The molecule has 0 saturated carbocycles. The number of hydrogen-bond acceptors (Lipinski definition) is 5. The predicted octanol–water partition coefficient (Wildman–Crippen LogP) is 5.07. The SMILES string of the molecule is COc1ccc(OCCCC(=O)Nc2ccc3c(c2)N(Cc2ccccc2Cl)C(=O)CO3)cc1. The van der Waals surface area contributed by atoms with E-state index in [-0.39, 0.29) is 18.4 Å². The van der Waals surface area contributed by atoms with Crippen molar-refractivity contribution in [1.29, 1.82) is 0 Å². The summed E-state index contributed by atoms with van der Waals surface area (Å²) in [6.45, 7) is 0.685. The highest BCUT2D eigenvalue weighted by molar-refractivity contribution is 6.31. The molecule has 4 rings (SSSR count). The number of carbonyl (C=O) groups is 2. The van der Waals surface area contributed by atoms with Gasteiger partial charge in [0.15, 0.2) is 6.61 Å². The Morgan fingerprint density at radius 1 is 1.09 bits per heavy atom. The highest BCUT2D eigenvalue weighted by atomic mass is 35.5. The van der Waals surface area contributed by atoms with Gasteiger partial charge in [0.05, 0.1) is 25.9 Å². The lowest BCUT2D eigenvalue weighted by atomic mass is 10.1. The molecule has 0 unspecified atom stereocenters. The summed E-state index contributed by atoms with van der Waals surface area (Å²) in [6, 6.07) is 19.9. The number of rotatable bonds is 9. The maximum absolute atomic E-state index is 12.6. The summed E-state index contributed by atoms with van der Waals surface area (Å²) in [6.07, 6.45) is 0.856. The van der Waals surface area contributed by atoms with E-state index in [4.69, 9.17) is 25.8 Å². The summed E-state index contributed by atoms with van der Waals surface area (Å²) in [5.74, 6) is 1.75. The topological polar surface area (TPSA) is 77.1 Å². The molecule has 0 atom stereocenters. The maximum Gasteiger partial charge on any atom is 0.265 e. The van der Waals surface area contributed by atoms with Crippen LogP contribution in [0.1, 0.15) is 18.4 Å². The van der Waals surface area contributed by atoms with Crippen LogP contribution in [0.2, 0.25) is 5.02 Å². The van der Waals surface area contributed by atoms with Crippen molar-refractivity contribution in [2.75, 3.05) is 30.5 Å². The fraction of sp³-hybridized carbons (Fsp3) is 0.231. The molecule has 0 radical (unpaired) electrons. The van der Waals surface area contributed by atoms with Gasteiger partial charge in [-0.2, -0.15) is 0 Å². The number of methoxy groups -OCH3 is 1. The summed E-state index contributed by atoms with van der Waals surface area (Å²) in [7, 11) is 1.61. The zero-order chi connectivity index (χ0) is 23.9. The molecule has 1 N–H and O–H groups in total. The van der Waals surface area contributed by atoms with Gasteiger partial charge in [0.1, 0.15) is 17.2 Å². The van der Waals surface area contributed by atoms with E-state index < -0.39 is 0 Å². The van der Waals surface area contributed by atoms with Crippen molar-refractivity contribution in [2.45, 2.75) is 19.4 Å². The Bertz CT molecular complexity index is 1170. The number of hydrogen-bond donors (Lipinski definition) is 1. The van der Waals surface area contributed by atoms with Crippen LogP contribution in [0.4, 0.5) is 11.4 Å². The second-order valence-corrected chi connectivity index (χ2v) is 8.13. The normalized spacial score (nSPS) is 12.5. The van der Waals surface area contributed by atoms with Crippen molar-refractivity contribution in [3.8, 4) is 17.2 Å². The smallest absolute Gasteiger partial charge is 0.265 e. The highest BCUT2D eigenvalue weighted by Crippen LogP contribution is 2.36. The summed E-state index contributed by atoms with van der Waals surface area (Å²) in [4.78, 5) is 26.7. The van der Waals surface area contributed by atoms with Gasteiger partial charge in [-0.05, 0) is 60.5 Å². The Morgan fingerprint density at radius 2 is 1.85 bits per heavy atom. The van der Waals surface area contributed by atoms with E-state index in [2.05, 4.69) is 5.32 Å².